The van der Waals surface area contributed by atoms with Gasteiger partial charge in [0.1, 0.15) is 0 Å². The quantitative estimate of drug-likeness (QED) is 0.638. The smallest absolute Gasteiger partial charge is 0.0447 e. The standard InChI is InChI=1S/C13H17N/c1-3-11(2)12-7-6-10-14-9-5-4-8-13(12)14/h4-6,8-11H,3,7H2,1-2H3. The van der Waals surface area contributed by atoms with Gasteiger partial charge in [-0.2, -0.15) is 0 Å². The summed E-state index contributed by atoms with van der Waals surface area (Å²) in [5.41, 5.74) is 2.94. The molecule has 74 valence electrons. The van der Waals surface area contributed by atoms with Gasteiger partial charge in [0.05, 0.1) is 0 Å². The van der Waals surface area contributed by atoms with E-state index in [1.807, 2.05) is 0 Å². The Labute approximate surface area is 86.1 Å². The van der Waals surface area contributed by atoms with Crippen molar-refractivity contribution < 1.29 is 0 Å². The molecule has 0 aliphatic carbocycles. The van der Waals surface area contributed by atoms with Gasteiger partial charge in [0, 0.05) is 18.1 Å². The van der Waals surface area contributed by atoms with E-state index in [-0.39, 0.29) is 0 Å². The number of hydrogen-bond donors (Lipinski definition) is 0. The van der Waals surface area contributed by atoms with E-state index in [1.165, 1.54) is 12.1 Å². The second kappa shape index (κ2) is 3.87. The van der Waals surface area contributed by atoms with Gasteiger partial charge in [-0.1, -0.05) is 26.0 Å². The van der Waals surface area contributed by atoms with Crippen molar-refractivity contribution in [3.8, 4) is 0 Å². The zero-order valence-electron chi connectivity index (χ0n) is 8.90. The molecule has 1 atom stereocenters. The van der Waals surface area contributed by atoms with Crippen LogP contribution >= 0.6 is 0 Å². The first-order valence-corrected chi connectivity index (χ1v) is 5.36. The van der Waals surface area contributed by atoms with Crippen molar-refractivity contribution in [2.45, 2.75) is 26.7 Å². The highest BCUT2D eigenvalue weighted by Crippen LogP contribution is 2.30. The molecule has 2 aliphatic rings. The molecule has 1 unspecified atom stereocenters. The normalized spacial score (nSPS) is 21.4. The molecule has 0 spiro atoms. The highest BCUT2D eigenvalue weighted by molar-refractivity contribution is 5.38. The monoisotopic (exact) mass is 187 g/mol. The lowest BCUT2D eigenvalue weighted by molar-refractivity contribution is 0.556. The third-order valence-corrected chi connectivity index (χ3v) is 3.03. The predicted molar refractivity (Wildman–Crippen MR) is 60.4 cm³/mol. The van der Waals surface area contributed by atoms with Crippen LogP contribution in [0.3, 0.4) is 0 Å². The molecule has 0 saturated heterocycles. The molecule has 1 nitrogen and oxygen atoms in total. The summed E-state index contributed by atoms with van der Waals surface area (Å²) in [6.07, 6.45) is 15.3. The third kappa shape index (κ3) is 1.54. The molecular formula is C13H17N. The van der Waals surface area contributed by atoms with Gasteiger partial charge in [0.25, 0.3) is 0 Å². The highest BCUT2D eigenvalue weighted by atomic mass is 15.1. The van der Waals surface area contributed by atoms with Crippen LogP contribution in [0.4, 0.5) is 0 Å². The van der Waals surface area contributed by atoms with Crippen molar-refractivity contribution in [1.82, 2.24) is 4.90 Å². The van der Waals surface area contributed by atoms with Crippen molar-refractivity contribution in [3.63, 3.8) is 0 Å². The molecule has 0 N–H and O–H groups in total. The van der Waals surface area contributed by atoms with Crippen molar-refractivity contribution in [2.24, 2.45) is 5.92 Å². The second-order valence-corrected chi connectivity index (χ2v) is 3.92. The van der Waals surface area contributed by atoms with E-state index in [1.54, 1.807) is 5.57 Å². The van der Waals surface area contributed by atoms with Gasteiger partial charge in [0.2, 0.25) is 0 Å². The minimum atomic E-state index is 0.689. The molecule has 0 bridgehead atoms. The van der Waals surface area contributed by atoms with Crippen LogP contribution in [0.1, 0.15) is 26.7 Å². The average Bonchev–Trinajstić information content (AvgIpc) is 2.27. The molecule has 0 radical (unpaired) electrons. The molecule has 0 aromatic heterocycles. The fraction of sp³-hybridized carbons (Fsp3) is 0.385. The summed E-state index contributed by atoms with van der Waals surface area (Å²) in [7, 11) is 0. The zero-order chi connectivity index (χ0) is 9.97. The lowest BCUT2D eigenvalue weighted by Crippen LogP contribution is -2.17. The van der Waals surface area contributed by atoms with Crippen LogP contribution in [0.25, 0.3) is 0 Å². The number of fused-ring (bicyclic) bond motifs is 1. The Kier molecular flexibility index (Phi) is 2.58. The fourth-order valence-electron chi connectivity index (χ4n) is 1.96. The Hall–Kier alpha value is -1.24. The van der Waals surface area contributed by atoms with Crippen LogP contribution in [0.15, 0.2) is 48.0 Å². The van der Waals surface area contributed by atoms with Crippen LogP contribution in [0.5, 0.6) is 0 Å². The third-order valence-electron chi connectivity index (χ3n) is 3.03. The van der Waals surface area contributed by atoms with Gasteiger partial charge in [-0.15, -0.1) is 0 Å². The Morgan fingerprint density at radius 1 is 1.36 bits per heavy atom. The van der Waals surface area contributed by atoms with Gasteiger partial charge < -0.3 is 4.90 Å². The van der Waals surface area contributed by atoms with Gasteiger partial charge in [-0.3, -0.25) is 0 Å². The average molecular weight is 187 g/mol. The molecule has 14 heavy (non-hydrogen) atoms. The maximum Gasteiger partial charge on any atom is 0.0447 e. The Morgan fingerprint density at radius 2 is 2.21 bits per heavy atom. The first-order chi connectivity index (χ1) is 6.83. The number of hydrogen-bond acceptors (Lipinski definition) is 1. The number of nitrogens with zero attached hydrogens (tertiary/aromatic N) is 1. The van der Waals surface area contributed by atoms with Gasteiger partial charge in [-0.05, 0) is 36.5 Å². The molecule has 0 saturated carbocycles. The van der Waals surface area contributed by atoms with E-state index in [0.717, 1.165) is 6.42 Å². The molecule has 2 aliphatic heterocycles. The van der Waals surface area contributed by atoms with E-state index in [2.05, 4.69) is 55.5 Å². The first-order valence-electron chi connectivity index (χ1n) is 5.36. The van der Waals surface area contributed by atoms with E-state index in [4.69, 9.17) is 0 Å². The van der Waals surface area contributed by atoms with E-state index in [0.29, 0.717) is 5.92 Å². The molecule has 0 amide bonds. The predicted octanol–water partition coefficient (Wildman–Crippen LogP) is 3.59. The Balaban J connectivity index is 2.33. The van der Waals surface area contributed by atoms with Crippen molar-refractivity contribution in [2.75, 3.05) is 0 Å². The minimum absolute atomic E-state index is 0.689. The maximum absolute atomic E-state index is 2.31. The second-order valence-electron chi connectivity index (χ2n) is 3.92. The highest BCUT2D eigenvalue weighted by Gasteiger charge is 2.17. The molecule has 1 heteroatoms. The van der Waals surface area contributed by atoms with Gasteiger partial charge >= 0.3 is 0 Å². The molecule has 0 aromatic rings. The number of rotatable bonds is 2. The lowest BCUT2D eigenvalue weighted by atomic mass is 9.91. The Bertz CT molecular complexity index is 331. The summed E-state index contributed by atoms with van der Waals surface area (Å²) in [6, 6.07) is 0. The largest absolute Gasteiger partial charge is 0.324 e. The summed E-state index contributed by atoms with van der Waals surface area (Å²) in [5.74, 6) is 0.689. The molecule has 2 heterocycles. The first kappa shape index (κ1) is 9.32. The van der Waals surface area contributed by atoms with Gasteiger partial charge in [0.15, 0.2) is 0 Å². The zero-order valence-corrected chi connectivity index (χ0v) is 8.90. The molecule has 0 aromatic carbocycles. The van der Waals surface area contributed by atoms with Crippen LogP contribution in [0, 0.1) is 5.92 Å². The SMILES string of the molecule is CCC(C)C1=C2C=CC=CN2C=CC1. The summed E-state index contributed by atoms with van der Waals surface area (Å²) in [4.78, 5) is 2.21. The lowest BCUT2D eigenvalue weighted by Gasteiger charge is -2.29. The topological polar surface area (TPSA) is 3.24 Å². The van der Waals surface area contributed by atoms with E-state index < -0.39 is 0 Å². The van der Waals surface area contributed by atoms with Gasteiger partial charge in [-0.25, -0.2) is 0 Å². The number of allylic oxidation sites excluding steroid dienone is 5. The van der Waals surface area contributed by atoms with Crippen molar-refractivity contribution >= 4 is 0 Å². The molecule has 0 fully saturated rings. The molecule has 2 rings (SSSR count). The van der Waals surface area contributed by atoms with Crippen LogP contribution in [-0.2, 0) is 0 Å². The fourth-order valence-corrected chi connectivity index (χ4v) is 1.96. The van der Waals surface area contributed by atoms with Crippen LogP contribution in [-0.4, -0.2) is 4.90 Å². The van der Waals surface area contributed by atoms with Crippen molar-refractivity contribution in [3.05, 3.63) is 48.0 Å². The Morgan fingerprint density at radius 3 is 3.00 bits per heavy atom. The minimum Gasteiger partial charge on any atom is -0.324 e. The van der Waals surface area contributed by atoms with E-state index >= 15 is 0 Å². The van der Waals surface area contributed by atoms with E-state index in [9.17, 15) is 0 Å². The summed E-state index contributed by atoms with van der Waals surface area (Å²) in [6.45, 7) is 4.56. The van der Waals surface area contributed by atoms with Crippen molar-refractivity contribution in [1.29, 1.82) is 0 Å². The summed E-state index contributed by atoms with van der Waals surface area (Å²) >= 11 is 0. The van der Waals surface area contributed by atoms with Crippen LogP contribution < -0.4 is 0 Å². The van der Waals surface area contributed by atoms with Crippen LogP contribution in [0.2, 0.25) is 0 Å². The maximum atomic E-state index is 2.31. The molecular weight excluding hydrogens is 170 g/mol. The summed E-state index contributed by atoms with van der Waals surface area (Å²) < 4.78 is 0. The summed E-state index contributed by atoms with van der Waals surface area (Å²) in [5, 5.41) is 0.